The number of anilines is 1. The van der Waals surface area contributed by atoms with Crippen molar-refractivity contribution in [1.82, 2.24) is 14.6 Å². The van der Waals surface area contributed by atoms with E-state index in [-0.39, 0.29) is 23.8 Å². The Kier molecular flexibility index (Phi) is 6.41. The molecule has 0 unspecified atom stereocenters. The van der Waals surface area contributed by atoms with Gasteiger partial charge < -0.3 is 9.80 Å². The van der Waals surface area contributed by atoms with Crippen LogP contribution in [0.15, 0.2) is 65.7 Å². The first kappa shape index (κ1) is 21.5. The lowest BCUT2D eigenvalue weighted by molar-refractivity contribution is -0.131. The van der Waals surface area contributed by atoms with Crippen LogP contribution in [0.2, 0.25) is 5.02 Å². The zero-order valence-corrected chi connectivity index (χ0v) is 18.4. The molecule has 2 aromatic carbocycles. The first-order valence-corrected chi connectivity index (χ1v) is 11.9. The summed E-state index contributed by atoms with van der Waals surface area (Å²) in [4.78, 5) is 20.9. The number of nitrogens with one attached hydrogen (secondary N) is 1. The standard InChI is InChI=1S/C22H23ClN4O3S/c23-19-6-8-21(24-16-19)26-11-13-27(14-12-26)22(28)9-10-25-31(29,30)20-7-5-17-3-1-2-4-18(17)15-20/h1-8,15-16,25H,9-14H2. The van der Waals surface area contributed by atoms with Crippen LogP contribution in [0.25, 0.3) is 10.8 Å². The third-order valence-electron chi connectivity index (χ3n) is 5.33. The number of rotatable bonds is 6. The second kappa shape index (κ2) is 9.21. The molecule has 7 nitrogen and oxygen atoms in total. The molecular weight excluding hydrogens is 436 g/mol. The van der Waals surface area contributed by atoms with Crippen molar-refractivity contribution < 1.29 is 13.2 Å². The molecular formula is C22H23ClN4O3S. The molecule has 1 fully saturated rings. The molecule has 1 amide bonds. The molecule has 162 valence electrons. The zero-order chi connectivity index (χ0) is 21.8. The topological polar surface area (TPSA) is 82.6 Å². The second-order valence-corrected chi connectivity index (χ2v) is 9.56. The third-order valence-corrected chi connectivity index (χ3v) is 7.01. The van der Waals surface area contributed by atoms with Crippen molar-refractivity contribution in [2.45, 2.75) is 11.3 Å². The van der Waals surface area contributed by atoms with Crippen LogP contribution in [0, 0.1) is 0 Å². The van der Waals surface area contributed by atoms with Gasteiger partial charge in [-0.3, -0.25) is 4.79 Å². The van der Waals surface area contributed by atoms with Crippen molar-refractivity contribution in [2.75, 3.05) is 37.6 Å². The summed E-state index contributed by atoms with van der Waals surface area (Å²) < 4.78 is 27.7. The van der Waals surface area contributed by atoms with E-state index in [9.17, 15) is 13.2 Å². The van der Waals surface area contributed by atoms with Gasteiger partial charge in [0, 0.05) is 45.3 Å². The van der Waals surface area contributed by atoms with E-state index >= 15 is 0 Å². The molecule has 0 bridgehead atoms. The van der Waals surface area contributed by atoms with Crippen molar-refractivity contribution in [3.8, 4) is 0 Å². The predicted molar refractivity (Wildman–Crippen MR) is 122 cm³/mol. The maximum Gasteiger partial charge on any atom is 0.240 e. The number of fused-ring (bicyclic) bond motifs is 1. The van der Waals surface area contributed by atoms with Gasteiger partial charge in [-0.15, -0.1) is 0 Å². The first-order chi connectivity index (χ1) is 14.9. The number of hydrogen-bond acceptors (Lipinski definition) is 5. The average Bonchev–Trinajstić information content (AvgIpc) is 2.79. The van der Waals surface area contributed by atoms with E-state index in [2.05, 4.69) is 14.6 Å². The number of sulfonamides is 1. The number of piperazine rings is 1. The quantitative estimate of drug-likeness (QED) is 0.614. The first-order valence-electron chi connectivity index (χ1n) is 10.1. The summed E-state index contributed by atoms with van der Waals surface area (Å²) in [6.07, 6.45) is 1.72. The van der Waals surface area contributed by atoms with Gasteiger partial charge in [0.25, 0.3) is 0 Å². The predicted octanol–water partition coefficient (Wildman–Crippen LogP) is 2.91. The van der Waals surface area contributed by atoms with Crippen LogP contribution in [0.5, 0.6) is 0 Å². The maximum absolute atomic E-state index is 12.6. The van der Waals surface area contributed by atoms with Gasteiger partial charge in [0.1, 0.15) is 5.82 Å². The van der Waals surface area contributed by atoms with Crippen LogP contribution in [-0.2, 0) is 14.8 Å². The molecule has 2 heterocycles. The van der Waals surface area contributed by atoms with E-state index in [1.165, 1.54) is 0 Å². The molecule has 9 heteroatoms. The van der Waals surface area contributed by atoms with Crippen LogP contribution >= 0.6 is 11.6 Å². The van der Waals surface area contributed by atoms with Crippen LogP contribution in [0.1, 0.15) is 6.42 Å². The fourth-order valence-corrected chi connectivity index (χ4v) is 4.79. The van der Waals surface area contributed by atoms with Crippen LogP contribution in [0.4, 0.5) is 5.82 Å². The SMILES string of the molecule is O=C(CCNS(=O)(=O)c1ccc2ccccc2c1)N1CCN(c2ccc(Cl)cn2)CC1. The van der Waals surface area contributed by atoms with Crippen molar-refractivity contribution in [2.24, 2.45) is 0 Å². The van der Waals surface area contributed by atoms with Gasteiger partial charge in [-0.25, -0.2) is 18.1 Å². The Morgan fingerprint density at radius 3 is 2.45 bits per heavy atom. The number of nitrogens with zero attached hydrogens (tertiary/aromatic N) is 3. The zero-order valence-electron chi connectivity index (χ0n) is 16.9. The summed E-state index contributed by atoms with van der Waals surface area (Å²) in [5.41, 5.74) is 0. The van der Waals surface area contributed by atoms with Gasteiger partial charge in [0.05, 0.1) is 9.92 Å². The molecule has 3 aromatic rings. The van der Waals surface area contributed by atoms with E-state index in [1.54, 1.807) is 35.4 Å². The van der Waals surface area contributed by atoms with Gasteiger partial charge in [-0.2, -0.15) is 0 Å². The summed E-state index contributed by atoms with van der Waals surface area (Å²) in [5.74, 6) is 0.768. The molecule has 0 atom stereocenters. The number of amides is 1. The number of aromatic nitrogens is 1. The van der Waals surface area contributed by atoms with Gasteiger partial charge in [-0.1, -0.05) is 41.9 Å². The Morgan fingerprint density at radius 2 is 1.74 bits per heavy atom. The molecule has 1 aliphatic heterocycles. The van der Waals surface area contributed by atoms with Gasteiger partial charge >= 0.3 is 0 Å². The van der Waals surface area contributed by atoms with Crippen LogP contribution in [-0.4, -0.2) is 56.9 Å². The number of pyridine rings is 1. The molecule has 1 saturated heterocycles. The van der Waals surface area contributed by atoms with E-state index in [1.807, 2.05) is 30.3 Å². The van der Waals surface area contributed by atoms with Crippen molar-refractivity contribution in [3.05, 3.63) is 65.8 Å². The summed E-state index contributed by atoms with van der Waals surface area (Å²) in [6.45, 7) is 2.54. The fourth-order valence-electron chi connectivity index (χ4n) is 3.61. The molecule has 4 rings (SSSR count). The van der Waals surface area contributed by atoms with Gasteiger partial charge in [0.2, 0.25) is 15.9 Å². The highest BCUT2D eigenvalue weighted by atomic mass is 35.5. The van der Waals surface area contributed by atoms with Crippen LogP contribution in [0.3, 0.4) is 0 Å². The van der Waals surface area contributed by atoms with E-state index in [0.717, 1.165) is 16.6 Å². The lowest BCUT2D eigenvalue weighted by Crippen LogP contribution is -2.49. The Hall–Kier alpha value is -2.68. The van der Waals surface area contributed by atoms with Crippen LogP contribution < -0.4 is 9.62 Å². The van der Waals surface area contributed by atoms with E-state index in [0.29, 0.717) is 31.2 Å². The second-order valence-electron chi connectivity index (χ2n) is 7.36. The third kappa shape index (κ3) is 5.15. The normalized spacial score (nSPS) is 14.7. The van der Waals surface area contributed by atoms with E-state index < -0.39 is 10.0 Å². The lowest BCUT2D eigenvalue weighted by Gasteiger charge is -2.35. The van der Waals surface area contributed by atoms with Crippen molar-refractivity contribution in [3.63, 3.8) is 0 Å². The Bertz CT molecular complexity index is 1180. The Morgan fingerprint density at radius 1 is 1.00 bits per heavy atom. The number of benzene rings is 2. The highest BCUT2D eigenvalue weighted by Crippen LogP contribution is 2.19. The smallest absolute Gasteiger partial charge is 0.240 e. The molecule has 0 saturated carbocycles. The average molecular weight is 459 g/mol. The molecule has 31 heavy (non-hydrogen) atoms. The summed E-state index contributed by atoms with van der Waals surface area (Å²) in [6, 6.07) is 16.2. The minimum absolute atomic E-state index is 0.0624. The fraction of sp³-hybridized carbons (Fsp3) is 0.273. The van der Waals surface area contributed by atoms with Crippen molar-refractivity contribution >= 4 is 44.1 Å². The molecule has 1 aliphatic rings. The maximum atomic E-state index is 12.6. The monoisotopic (exact) mass is 458 g/mol. The summed E-state index contributed by atoms with van der Waals surface area (Å²) in [5, 5.41) is 2.42. The molecule has 0 spiro atoms. The van der Waals surface area contributed by atoms with Gasteiger partial charge in [0.15, 0.2) is 0 Å². The minimum Gasteiger partial charge on any atom is -0.353 e. The molecule has 0 aliphatic carbocycles. The summed E-state index contributed by atoms with van der Waals surface area (Å²) >= 11 is 5.88. The lowest BCUT2D eigenvalue weighted by atomic mass is 10.1. The molecule has 1 N–H and O–H groups in total. The van der Waals surface area contributed by atoms with Crippen molar-refractivity contribution in [1.29, 1.82) is 0 Å². The van der Waals surface area contributed by atoms with Gasteiger partial charge in [-0.05, 0) is 35.0 Å². The highest BCUT2D eigenvalue weighted by molar-refractivity contribution is 7.89. The van der Waals surface area contributed by atoms with E-state index in [4.69, 9.17) is 11.6 Å². The number of carbonyl (C=O) groups excluding carboxylic acids is 1. The molecule has 1 aromatic heterocycles. The Balaban J connectivity index is 1.28. The summed E-state index contributed by atoms with van der Waals surface area (Å²) in [7, 11) is -3.67. The minimum atomic E-state index is -3.67. The number of carbonyl (C=O) groups is 1. The highest BCUT2D eigenvalue weighted by Gasteiger charge is 2.22. The number of halogens is 1. The largest absolute Gasteiger partial charge is 0.353 e. The molecule has 0 radical (unpaired) electrons. The number of hydrogen-bond donors (Lipinski definition) is 1. The Labute approximate surface area is 186 Å².